The van der Waals surface area contributed by atoms with Crippen molar-refractivity contribution in [1.29, 1.82) is 0 Å². The number of allylic oxidation sites excluding steroid dienone is 1. The predicted octanol–water partition coefficient (Wildman–Crippen LogP) is 2.84. The number of nitrogens with zero attached hydrogens (tertiary/aromatic N) is 3. The summed E-state index contributed by atoms with van der Waals surface area (Å²) in [5, 5.41) is 0. The minimum atomic E-state index is -0.467. The molecule has 7 nitrogen and oxygen atoms in total. The average molecular weight is 383 g/mol. The van der Waals surface area contributed by atoms with Gasteiger partial charge in [-0.15, -0.1) is 0 Å². The first-order valence-corrected chi connectivity index (χ1v) is 8.94. The van der Waals surface area contributed by atoms with Crippen molar-refractivity contribution in [2.45, 2.75) is 19.5 Å². The van der Waals surface area contributed by atoms with E-state index in [4.69, 9.17) is 10.2 Å². The third kappa shape index (κ3) is 4.61. The molecule has 3 rings (SSSR count). The Bertz CT molecular complexity index is 867. The van der Waals surface area contributed by atoms with Gasteiger partial charge in [0.05, 0.1) is 5.92 Å². The van der Waals surface area contributed by atoms with Crippen LogP contribution in [0, 0.1) is 12.8 Å². The second-order valence-corrected chi connectivity index (χ2v) is 7.11. The molecule has 7 heteroatoms. The van der Waals surface area contributed by atoms with E-state index in [2.05, 4.69) is 34.2 Å². The van der Waals surface area contributed by atoms with E-state index in [1.807, 2.05) is 57.5 Å². The molecule has 0 fully saturated rings. The van der Waals surface area contributed by atoms with Gasteiger partial charge in [-0.25, -0.2) is 0 Å². The van der Waals surface area contributed by atoms with Crippen molar-refractivity contribution < 1.29 is 9.21 Å². The van der Waals surface area contributed by atoms with Gasteiger partial charge in [-0.3, -0.25) is 9.79 Å². The first-order valence-electron chi connectivity index (χ1n) is 8.94. The van der Waals surface area contributed by atoms with E-state index in [1.54, 1.807) is 0 Å². The van der Waals surface area contributed by atoms with Crippen LogP contribution in [0.15, 0.2) is 52.0 Å². The van der Waals surface area contributed by atoms with Crippen LogP contribution in [0.3, 0.4) is 0 Å². The molecule has 1 aliphatic rings. The van der Waals surface area contributed by atoms with Gasteiger partial charge in [0.15, 0.2) is 0 Å². The molecule has 2 atom stereocenters. The molecule has 150 valence electrons. The fourth-order valence-corrected chi connectivity index (χ4v) is 3.24. The molecule has 1 aromatic heterocycles. The summed E-state index contributed by atoms with van der Waals surface area (Å²) in [6.07, 6.45) is 3.90. The topological polar surface area (TPSA) is 110 Å². The average Bonchev–Trinajstić information content (AvgIpc) is 3.05. The van der Waals surface area contributed by atoms with Crippen LogP contribution in [-0.2, 0) is 11.2 Å². The summed E-state index contributed by atoms with van der Waals surface area (Å²) < 4.78 is 5.61. The summed E-state index contributed by atoms with van der Waals surface area (Å²) in [5.41, 5.74) is 8.88. The quantitative estimate of drug-likeness (QED) is 0.797. The number of aryl methyl sites for hydroxylation is 1. The molecular formula is C21H29N5O2. The monoisotopic (exact) mass is 383 g/mol. The second-order valence-electron chi connectivity index (χ2n) is 7.11. The number of nitrogens with two attached hydrogens (primary N) is 1. The van der Waals surface area contributed by atoms with Crippen LogP contribution in [0.1, 0.15) is 17.1 Å². The molecule has 2 aromatic rings. The molecule has 28 heavy (non-hydrogen) atoms. The highest BCUT2D eigenvalue weighted by Gasteiger charge is 2.31. The number of carbonyl (C=O) groups excluding carboxylic acids is 1. The summed E-state index contributed by atoms with van der Waals surface area (Å²) in [5.74, 6) is 0.710. The minimum absolute atomic E-state index is 0. The number of rotatable bonds is 6. The normalized spacial score (nSPS) is 16.9. The van der Waals surface area contributed by atoms with E-state index < -0.39 is 5.92 Å². The smallest absolute Gasteiger partial charge is 0.225 e. The van der Waals surface area contributed by atoms with E-state index >= 15 is 0 Å². The summed E-state index contributed by atoms with van der Waals surface area (Å²) in [6, 6.07) is 12.0. The third-order valence-corrected chi connectivity index (χ3v) is 4.79. The lowest BCUT2D eigenvalue weighted by Crippen LogP contribution is -2.43. The number of anilines is 1. The van der Waals surface area contributed by atoms with Gasteiger partial charge in [-0.2, -0.15) is 0 Å². The van der Waals surface area contributed by atoms with Gasteiger partial charge < -0.3 is 26.1 Å². The van der Waals surface area contributed by atoms with Crippen molar-refractivity contribution in [2.24, 2.45) is 16.6 Å². The van der Waals surface area contributed by atoms with Crippen LogP contribution >= 0.6 is 0 Å². The van der Waals surface area contributed by atoms with Crippen molar-refractivity contribution in [3.63, 3.8) is 0 Å². The molecule has 1 aliphatic heterocycles. The van der Waals surface area contributed by atoms with Gasteiger partial charge in [0.1, 0.15) is 17.7 Å². The van der Waals surface area contributed by atoms with Gasteiger partial charge in [0, 0.05) is 51.2 Å². The molecule has 0 bridgehead atoms. The highest BCUT2D eigenvalue weighted by molar-refractivity contribution is 6.10. The van der Waals surface area contributed by atoms with E-state index in [9.17, 15) is 4.79 Å². The molecule has 0 saturated carbocycles. The highest BCUT2D eigenvalue weighted by Crippen LogP contribution is 2.26. The standard InChI is InChI=1S/C21H26N4O2.H3N/c1-14-5-10-18(27-14)11-19(20(22)26)21-23-12-16(13-25(21)4)15-6-8-17(9-7-15)24(2)3;/h5-10,12-13,19,21H,11H2,1-4H3,(H2,22,26);1H3. The molecule has 2 heterocycles. The van der Waals surface area contributed by atoms with E-state index in [0.717, 1.165) is 28.3 Å². The van der Waals surface area contributed by atoms with Crippen molar-refractivity contribution in [3.05, 3.63) is 59.7 Å². The molecular weight excluding hydrogens is 354 g/mol. The zero-order chi connectivity index (χ0) is 19.6. The Kier molecular flexibility index (Phi) is 6.64. The summed E-state index contributed by atoms with van der Waals surface area (Å²) in [4.78, 5) is 20.7. The number of hydrogen-bond acceptors (Lipinski definition) is 6. The van der Waals surface area contributed by atoms with Crippen LogP contribution < -0.4 is 16.8 Å². The fraction of sp³-hybridized carbons (Fsp3) is 0.333. The third-order valence-electron chi connectivity index (χ3n) is 4.79. The van der Waals surface area contributed by atoms with Crippen molar-refractivity contribution in [1.82, 2.24) is 11.1 Å². The Hall–Kier alpha value is -3.06. The maximum absolute atomic E-state index is 12.1. The van der Waals surface area contributed by atoms with E-state index in [-0.39, 0.29) is 18.2 Å². The maximum Gasteiger partial charge on any atom is 0.225 e. The molecule has 1 aromatic carbocycles. The lowest BCUT2D eigenvalue weighted by atomic mass is 9.97. The van der Waals surface area contributed by atoms with Crippen LogP contribution in [0.25, 0.3) is 5.57 Å². The van der Waals surface area contributed by atoms with Crippen LogP contribution in [0.2, 0.25) is 0 Å². The molecule has 0 radical (unpaired) electrons. The number of furan rings is 1. The number of hydrogen-bond donors (Lipinski definition) is 2. The Balaban J connectivity index is 0.00000280. The number of aliphatic imine (C=N–C) groups is 1. The van der Waals surface area contributed by atoms with Crippen LogP contribution in [0.4, 0.5) is 5.69 Å². The van der Waals surface area contributed by atoms with E-state index in [1.165, 1.54) is 0 Å². The number of benzene rings is 1. The zero-order valence-corrected chi connectivity index (χ0v) is 16.9. The number of primary amides is 1. The molecule has 2 unspecified atom stereocenters. The summed E-state index contributed by atoms with van der Waals surface area (Å²) in [7, 11) is 5.94. The van der Waals surface area contributed by atoms with Gasteiger partial charge in [-0.1, -0.05) is 12.1 Å². The Labute approximate surface area is 166 Å². The maximum atomic E-state index is 12.1. The zero-order valence-electron chi connectivity index (χ0n) is 16.9. The SMILES string of the molecule is Cc1ccc(CC(C(N)=O)C2N=CC(c3ccc(N(C)C)cc3)=CN2C)o1.N. The molecule has 1 amide bonds. The first kappa shape index (κ1) is 21.2. The van der Waals surface area contributed by atoms with Gasteiger partial charge >= 0.3 is 0 Å². The lowest BCUT2D eigenvalue weighted by Gasteiger charge is -2.32. The second kappa shape index (κ2) is 8.75. The Morgan fingerprint density at radius 3 is 2.43 bits per heavy atom. The largest absolute Gasteiger partial charge is 0.466 e. The lowest BCUT2D eigenvalue weighted by molar-refractivity contribution is -0.123. The number of amides is 1. The minimum Gasteiger partial charge on any atom is -0.466 e. The predicted molar refractivity (Wildman–Crippen MR) is 114 cm³/mol. The van der Waals surface area contributed by atoms with E-state index in [0.29, 0.717) is 6.42 Å². The van der Waals surface area contributed by atoms with Gasteiger partial charge in [0.25, 0.3) is 0 Å². The molecule has 0 aliphatic carbocycles. The first-order chi connectivity index (χ1) is 12.8. The van der Waals surface area contributed by atoms with Crippen molar-refractivity contribution in [3.8, 4) is 0 Å². The fourth-order valence-electron chi connectivity index (χ4n) is 3.24. The Morgan fingerprint density at radius 1 is 1.25 bits per heavy atom. The van der Waals surface area contributed by atoms with Crippen molar-refractivity contribution in [2.75, 3.05) is 26.0 Å². The summed E-state index contributed by atoms with van der Waals surface area (Å²) >= 11 is 0. The van der Waals surface area contributed by atoms with Crippen LogP contribution in [0.5, 0.6) is 0 Å². The van der Waals surface area contributed by atoms with Gasteiger partial charge in [-0.05, 0) is 36.8 Å². The molecule has 0 saturated heterocycles. The number of carbonyl (C=O) groups is 1. The van der Waals surface area contributed by atoms with Gasteiger partial charge in [0.2, 0.25) is 5.91 Å². The summed E-state index contributed by atoms with van der Waals surface area (Å²) in [6.45, 7) is 1.88. The Morgan fingerprint density at radius 2 is 1.93 bits per heavy atom. The van der Waals surface area contributed by atoms with Crippen molar-refractivity contribution >= 4 is 23.4 Å². The molecule has 5 N–H and O–H groups in total. The molecule has 0 spiro atoms. The highest BCUT2D eigenvalue weighted by atomic mass is 16.3. The van der Waals surface area contributed by atoms with Crippen LogP contribution in [-0.4, -0.2) is 44.3 Å².